The van der Waals surface area contributed by atoms with Crippen molar-refractivity contribution in [1.82, 2.24) is 4.57 Å². The predicted octanol–water partition coefficient (Wildman–Crippen LogP) is 1.20. The number of nitrogens with zero attached hydrogens (tertiary/aromatic N) is 1. The molecule has 0 fully saturated rings. The SMILES string of the molecule is CCC(=O)c1ccn(CC(C)C(N)=O)c1. The number of aromatic nitrogens is 1. The first-order valence-corrected chi connectivity index (χ1v) is 5.03. The van der Waals surface area contributed by atoms with Crippen LogP contribution in [0.5, 0.6) is 0 Å². The van der Waals surface area contributed by atoms with Gasteiger partial charge in [0.15, 0.2) is 5.78 Å². The topological polar surface area (TPSA) is 65.1 Å². The van der Waals surface area contributed by atoms with Gasteiger partial charge in [-0.3, -0.25) is 9.59 Å². The summed E-state index contributed by atoms with van der Waals surface area (Å²) in [5, 5.41) is 0. The van der Waals surface area contributed by atoms with E-state index in [1.807, 2.05) is 11.5 Å². The van der Waals surface area contributed by atoms with Crippen LogP contribution in [0.3, 0.4) is 0 Å². The fourth-order valence-electron chi connectivity index (χ4n) is 1.33. The first-order chi connectivity index (χ1) is 7.04. The zero-order chi connectivity index (χ0) is 11.4. The number of carbonyl (C=O) groups excluding carboxylic acids is 2. The lowest BCUT2D eigenvalue weighted by Crippen LogP contribution is -2.24. The highest BCUT2D eigenvalue weighted by atomic mass is 16.1. The van der Waals surface area contributed by atoms with Gasteiger partial charge in [-0.05, 0) is 6.07 Å². The van der Waals surface area contributed by atoms with Crippen molar-refractivity contribution < 1.29 is 9.59 Å². The molecule has 0 radical (unpaired) electrons. The number of hydrogen-bond acceptors (Lipinski definition) is 2. The molecular formula is C11H16N2O2. The monoisotopic (exact) mass is 208 g/mol. The largest absolute Gasteiger partial charge is 0.369 e. The number of primary amides is 1. The lowest BCUT2D eigenvalue weighted by molar-refractivity contribution is -0.121. The van der Waals surface area contributed by atoms with Gasteiger partial charge in [0.2, 0.25) is 5.91 Å². The predicted molar refractivity (Wildman–Crippen MR) is 57.4 cm³/mol. The van der Waals surface area contributed by atoms with Crippen molar-refractivity contribution in [2.75, 3.05) is 0 Å². The zero-order valence-corrected chi connectivity index (χ0v) is 9.06. The van der Waals surface area contributed by atoms with Crippen LogP contribution < -0.4 is 5.73 Å². The van der Waals surface area contributed by atoms with Gasteiger partial charge in [0.05, 0.1) is 5.92 Å². The molecular weight excluding hydrogens is 192 g/mol. The molecule has 0 saturated heterocycles. The normalized spacial score (nSPS) is 12.4. The van der Waals surface area contributed by atoms with E-state index in [1.54, 1.807) is 25.4 Å². The number of amides is 1. The molecule has 0 aromatic carbocycles. The Morgan fingerprint density at radius 3 is 2.73 bits per heavy atom. The molecule has 1 aromatic heterocycles. The summed E-state index contributed by atoms with van der Waals surface area (Å²) in [5.41, 5.74) is 5.85. The van der Waals surface area contributed by atoms with Gasteiger partial charge in [-0.1, -0.05) is 13.8 Å². The fraction of sp³-hybridized carbons (Fsp3) is 0.455. The highest BCUT2D eigenvalue weighted by Crippen LogP contribution is 2.07. The van der Waals surface area contributed by atoms with E-state index in [1.165, 1.54) is 0 Å². The summed E-state index contributed by atoms with van der Waals surface area (Å²) in [7, 11) is 0. The maximum atomic E-state index is 11.3. The molecule has 0 saturated carbocycles. The molecule has 1 rings (SSSR count). The number of nitrogens with two attached hydrogens (primary N) is 1. The Kier molecular flexibility index (Phi) is 3.66. The van der Waals surface area contributed by atoms with Crippen LogP contribution in [0.2, 0.25) is 0 Å². The third kappa shape index (κ3) is 2.94. The molecule has 0 bridgehead atoms. The second-order valence-corrected chi connectivity index (χ2v) is 3.68. The van der Waals surface area contributed by atoms with Crippen LogP contribution in [-0.4, -0.2) is 16.3 Å². The number of rotatable bonds is 5. The molecule has 82 valence electrons. The van der Waals surface area contributed by atoms with E-state index in [9.17, 15) is 9.59 Å². The van der Waals surface area contributed by atoms with Gasteiger partial charge < -0.3 is 10.3 Å². The van der Waals surface area contributed by atoms with Crippen molar-refractivity contribution in [2.24, 2.45) is 11.7 Å². The lowest BCUT2D eigenvalue weighted by atomic mass is 10.1. The first kappa shape index (κ1) is 11.5. The van der Waals surface area contributed by atoms with Gasteiger partial charge in [-0.25, -0.2) is 0 Å². The Morgan fingerprint density at radius 2 is 2.20 bits per heavy atom. The summed E-state index contributed by atoms with van der Waals surface area (Å²) in [6.45, 7) is 4.11. The van der Waals surface area contributed by atoms with E-state index in [0.29, 0.717) is 18.5 Å². The number of hydrogen-bond donors (Lipinski definition) is 1. The molecule has 4 nitrogen and oxygen atoms in total. The summed E-state index contributed by atoms with van der Waals surface area (Å²) in [6.07, 6.45) is 4.04. The van der Waals surface area contributed by atoms with E-state index < -0.39 is 0 Å². The Bertz CT molecular complexity index is 368. The average molecular weight is 208 g/mol. The molecule has 1 heterocycles. The summed E-state index contributed by atoms with van der Waals surface area (Å²) < 4.78 is 1.82. The van der Waals surface area contributed by atoms with Gasteiger partial charge in [0.1, 0.15) is 0 Å². The number of Topliss-reactive ketones (excluding diaryl/α,β-unsaturated/α-hetero) is 1. The highest BCUT2D eigenvalue weighted by molar-refractivity contribution is 5.95. The maximum Gasteiger partial charge on any atom is 0.222 e. The average Bonchev–Trinajstić information content (AvgIpc) is 2.65. The first-order valence-electron chi connectivity index (χ1n) is 5.03. The van der Waals surface area contributed by atoms with Gasteiger partial charge in [-0.15, -0.1) is 0 Å². The standard InChI is InChI=1S/C11H16N2O2/c1-3-10(14)9-4-5-13(7-9)6-8(2)11(12)15/h4-5,7-8H,3,6H2,1-2H3,(H2,12,15). The van der Waals surface area contributed by atoms with Crippen LogP contribution in [-0.2, 0) is 11.3 Å². The zero-order valence-electron chi connectivity index (χ0n) is 9.06. The second-order valence-electron chi connectivity index (χ2n) is 3.68. The lowest BCUT2D eigenvalue weighted by Gasteiger charge is -2.07. The van der Waals surface area contributed by atoms with Crippen molar-refractivity contribution >= 4 is 11.7 Å². The van der Waals surface area contributed by atoms with E-state index in [0.717, 1.165) is 0 Å². The summed E-state index contributed by atoms with van der Waals surface area (Å²) >= 11 is 0. The highest BCUT2D eigenvalue weighted by Gasteiger charge is 2.10. The van der Waals surface area contributed by atoms with E-state index >= 15 is 0 Å². The molecule has 0 aliphatic carbocycles. The summed E-state index contributed by atoms with van der Waals surface area (Å²) in [4.78, 5) is 22.2. The Morgan fingerprint density at radius 1 is 1.53 bits per heavy atom. The molecule has 0 aliphatic heterocycles. The van der Waals surface area contributed by atoms with Gasteiger partial charge in [0.25, 0.3) is 0 Å². The minimum atomic E-state index is -0.327. The van der Waals surface area contributed by atoms with E-state index in [4.69, 9.17) is 5.73 Å². The molecule has 1 atom stereocenters. The third-order valence-corrected chi connectivity index (χ3v) is 2.36. The van der Waals surface area contributed by atoms with E-state index in [-0.39, 0.29) is 17.6 Å². The van der Waals surface area contributed by atoms with Crippen molar-refractivity contribution in [3.8, 4) is 0 Å². The van der Waals surface area contributed by atoms with Crippen molar-refractivity contribution in [1.29, 1.82) is 0 Å². The van der Waals surface area contributed by atoms with E-state index in [2.05, 4.69) is 0 Å². The van der Waals surface area contributed by atoms with Crippen LogP contribution in [0.4, 0.5) is 0 Å². The molecule has 1 unspecified atom stereocenters. The Labute approximate surface area is 89.1 Å². The van der Waals surface area contributed by atoms with Crippen LogP contribution >= 0.6 is 0 Å². The fourth-order valence-corrected chi connectivity index (χ4v) is 1.33. The number of carbonyl (C=O) groups is 2. The van der Waals surface area contributed by atoms with Crippen molar-refractivity contribution in [3.63, 3.8) is 0 Å². The Hall–Kier alpha value is -1.58. The molecule has 2 N–H and O–H groups in total. The number of ketones is 1. The van der Waals surface area contributed by atoms with Crippen LogP contribution in [0, 0.1) is 5.92 Å². The maximum absolute atomic E-state index is 11.3. The minimum Gasteiger partial charge on any atom is -0.369 e. The van der Waals surface area contributed by atoms with Crippen LogP contribution in [0.1, 0.15) is 30.6 Å². The second kappa shape index (κ2) is 4.77. The van der Waals surface area contributed by atoms with Crippen LogP contribution in [0.15, 0.2) is 18.5 Å². The Balaban J connectivity index is 2.68. The van der Waals surface area contributed by atoms with Gasteiger partial charge >= 0.3 is 0 Å². The molecule has 1 aromatic rings. The molecule has 0 aliphatic rings. The minimum absolute atomic E-state index is 0.112. The van der Waals surface area contributed by atoms with Gasteiger partial charge in [0, 0.05) is 30.9 Å². The molecule has 15 heavy (non-hydrogen) atoms. The van der Waals surface area contributed by atoms with Crippen LogP contribution in [0.25, 0.3) is 0 Å². The summed E-state index contributed by atoms with van der Waals surface area (Å²) in [6, 6.07) is 1.76. The van der Waals surface area contributed by atoms with Gasteiger partial charge in [-0.2, -0.15) is 0 Å². The molecule has 0 spiro atoms. The quantitative estimate of drug-likeness (QED) is 0.739. The molecule has 4 heteroatoms. The third-order valence-electron chi connectivity index (χ3n) is 2.36. The summed E-state index contributed by atoms with van der Waals surface area (Å²) in [5.74, 6) is -0.436. The van der Waals surface area contributed by atoms with Crippen molar-refractivity contribution in [2.45, 2.75) is 26.8 Å². The molecule has 1 amide bonds. The van der Waals surface area contributed by atoms with Crippen molar-refractivity contribution in [3.05, 3.63) is 24.0 Å². The smallest absolute Gasteiger partial charge is 0.222 e.